The fourth-order valence-corrected chi connectivity index (χ4v) is 1.06. The van der Waals surface area contributed by atoms with Gasteiger partial charge in [0.2, 0.25) is 11.8 Å². The van der Waals surface area contributed by atoms with Crippen LogP contribution in [0.1, 0.15) is 12.8 Å². The summed E-state index contributed by atoms with van der Waals surface area (Å²) in [6, 6.07) is 2.19. The fourth-order valence-electron chi connectivity index (χ4n) is 1.06. The van der Waals surface area contributed by atoms with Crippen molar-refractivity contribution in [3.05, 3.63) is 12.1 Å². The van der Waals surface area contributed by atoms with Crippen LogP contribution in [0.25, 0.3) is 0 Å². The Bertz CT molecular complexity index is 472. The van der Waals surface area contributed by atoms with Gasteiger partial charge in [-0.25, -0.2) is 9.59 Å². The Labute approximate surface area is 106 Å². The number of hydrogen-bond donors (Lipinski definition) is 3. The Kier molecular flexibility index (Phi) is 4.89. The highest BCUT2D eigenvalue weighted by molar-refractivity contribution is 5.87. The molecule has 104 valence electrons. The Balaban J connectivity index is 2.40. The van der Waals surface area contributed by atoms with Crippen molar-refractivity contribution in [3.63, 3.8) is 0 Å². The Morgan fingerprint density at radius 3 is 2.05 bits per heavy atom. The molecule has 3 N–H and O–H groups in total. The molecule has 9 heteroatoms. The van der Waals surface area contributed by atoms with E-state index in [9.17, 15) is 24.6 Å². The minimum Gasteiger partial charge on any atom is -0.492 e. The first-order valence-corrected chi connectivity index (χ1v) is 5.09. The molecule has 1 aromatic rings. The quantitative estimate of drug-likeness (QED) is 0.445. The topological polar surface area (TPSA) is 135 Å². The van der Waals surface area contributed by atoms with Crippen LogP contribution in [-0.4, -0.2) is 44.6 Å². The van der Waals surface area contributed by atoms with Gasteiger partial charge in [0.25, 0.3) is 0 Å². The lowest BCUT2D eigenvalue weighted by molar-refractivity contribution is -0.163. The lowest BCUT2D eigenvalue weighted by Crippen LogP contribution is -2.21. The molecular formula is C10H11NO8. The number of aliphatic hydroxyl groups is 1. The summed E-state index contributed by atoms with van der Waals surface area (Å²) < 4.78 is 4.56. The fraction of sp³-hybridized carbons (Fsp3) is 0.300. The van der Waals surface area contributed by atoms with E-state index >= 15 is 0 Å². The summed E-state index contributed by atoms with van der Waals surface area (Å²) >= 11 is 0. The molecule has 1 rings (SSSR count). The monoisotopic (exact) mass is 273 g/mol. The maximum absolute atomic E-state index is 11.3. The molecule has 0 atom stereocenters. The molecule has 0 aliphatic heterocycles. The lowest BCUT2D eigenvalue weighted by atomic mass is 10.3. The van der Waals surface area contributed by atoms with Crippen LogP contribution in [0.4, 0.5) is 0 Å². The summed E-state index contributed by atoms with van der Waals surface area (Å²) in [6.45, 7) is -0.943. The minimum absolute atomic E-state index is 0.436. The zero-order valence-corrected chi connectivity index (χ0v) is 9.61. The van der Waals surface area contributed by atoms with Gasteiger partial charge in [-0.2, -0.15) is 0 Å². The van der Waals surface area contributed by atoms with Crippen LogP contribution in [0.3, 0.4) is 0 Å². The number of hydrogen-bond acceptors (Lipinski definition) is 8. The van der Waals surface area contributed by atoms with E-state index in [2.05, 4.69) is 9.57 Å². The molecule has 0 saturated heterocycles. The lowest BCUT2D eigenvalue weighted by Gasteiger charge is -2.06. The van der Waals surface area contributed by atoms with Crippen LogP contribution in [0.15, 0.2) is 12.1 Å². The first kappa shape index (κ1) is 14.5. The van der Waals surface area contributed by atoms with E-state index < -0.39 is 49.1 Å². The highest BCUT2D eigenvalue weighted by atomic mass is 16.7. The third kappa shape index (κ3) is 4.32. The summed E-state index contributed by atoms with van der Waals surface area (Å²) in [5.41, 5.74) is 0. The summed E-state index contributed by atoms with van der Waals surface area (Å²) in [6.07, 6.45) is -0.887. The molecule has 0 spiro atoms. The maximum Gasteiger partial charge on any atom is 0.339 e. The summed E-state index contributed by atoms with van der Waals surface area (Å²) in [5, 5.41) is 26.7. The van der Waals surface area contributed by atoms with Gasteiger partial charge >= 0.3 is 17.9 Å². The van der Waals surface area contributed by atoms with Crippen molar-refractivity contribution in [2.24, 2.45) is 0 Å². The van der Waals surface area contributed by atoms with E-state index in [1.807, 2.05) is 0 Å². The van der Waals surface area contributed by atoms with Crippen molar-refractivity contribution in [1.82, 2.24) is 4.73 Å². The third-order valence-corrected chi connectivity index (χ3v) is 1.88. The molecule has 0 radical (unpaired) electrons. The second-order valence-electron chi connectivity index (χ2n) is 3.31. The summed E-state index contributed by atoms with van der Waals surface area (Å²) in [4.78, 5) is 37.3. The van der Waals surface area contributed by atoms with Crippen molar-refractivity contribution < 1.29 is 39.3 Å². The van der Waals surface area contributed by atoms with E-state index in [0.29, 0.717) is 4.73 Å². The average molecular weight is 273 g/mol. The SMILES string of the molecule is O=C(CO)OC(=O)CCC(=O)On1c(O)ccc1O. The number of aliphatic hydroxyl groups excluding tert-OH is 1. The van der Waals surface area contributed by atoms with Crippen LogP contribution in [0.2, 0.25) is 0 Å². The van der Waals surface area contributed by atoms with E-state index in [0.717, 1.165) is 12.1 Å². The molecule has 0 aliphatic rings. The molecule has 9 nitrogen and oxygen atoms in total. The van der Waals surface area contributed by atoms with Crippen molar-refractivity contribution in [2.75, 3.05) is 6.61 Å². The Morgan fingerprint density at radius 1 is 1.00 bits per heavy atom. The molecule has 0 aliphatic carbocycles. The standard InChI is InChI=1S/C10H11NO8/c12-5-10(17)18-8(15)3-4-9(16)19-11-6(13)1-2-7(11)14/h1-2,12-14H,3-5H2. The molecule has 0 amide bonds. The predicted molar refractivity (Wildman–Crippen MR) is 56.8 cm³/mol. The van der Waals surface area contributed by atoms with Gasteiger partial charge in [-0.3, -0.25) is 4.79 Å². The van der Waals surface area contributed by atoms with Crippen LogP contribution in [0.5, 0.6) is 11.8 Å². The first-order valence-electron chi connectivity index (χ1n) is 5.09. The van der Waals surface area contributed by atoms with Gasteiger partial charge in [0, 0.05) is 12.1 Å². The molecule has 0 fully saturated rings. The summed E-state index contributed by atoms with van der Waals surface area (Å²) in [7, 11) is 0. The molecular weight excluding hydrogens is 262 g/mol. The van der Waals surface area contributed by atoms with Gasteiger partial charge in [-0.15, -0.1) is 4.73 Å². The number of rotatable bonds is 5. The highest BCUT2D eigenvalue weighted by Crippen LogP contribution is 2.18. The van der Waals surface area contributed by atoms with E-state index in [1.165, 1.54) is 0 Å². The summed E-state index contributed by atoms with van der Waals surface area (Å²) in [5.74, 6) is -4.06. The number of aromatic nitrogens is 1. The largest absolute Gasteiger partial charge is 0.492 e. The highest BCUT2D eigenvalue weighted by Gasteiger charge is 2.15. The molecule has 1 heterocycles. The van der Waals surface area contributed by atoms with Gasteiger partial charge in [-0.05, 0) is 0 Å². The van der Waals surface area contributed by atoms with Gasteiger partial charge in [0.15, 0.2) is 0 Å². The van der Waals surface area contributed by atoms with E-state index in [-0.39, 0.29) is 0 Å². The molecule has 0 saturated carbocycles. The molecule has 0 aromatic carbocycles. The third-order valence-electron chi connectivity index (χ3n) is 1.88. The number of nitrogens with zero attached hydrogens (tertiary/aromatic N) is 1. The maximum atomic E-state index is 11.3. The molecule has 0 bridgehead atoms. The van der Waals surface area contributed by atoms with Crippen molar-refractivity contribution in [2.45, 2.75) is 12.8 Å². The minimum atomic E-state index is -1.13. The van der Waals surface area contributed by atoms with Crippen LogP contribution in [-0.2, 0) is 19.1 Å². The van der Waals surface area contributed by atoms with Crippen LogP contribution in [0, 0.1) is 0 Å². The normalized spacial score (nSPS) is 9.95. The van der Waals surface area contributed by atoms with Crippen molar-refractivity contribution >= 4 is 17.9 Å². The zero-order chi connectivity index (χ0) is 14.4. The number of esters is 2. The predicted octanol–water partition coefficient (Wildman–Crippen LogP) is -1.30. The van der Waals surface area contributed by atoms with Gasteiger partial charge in [0.05, 0.1) is 12.8 Å². The second kappa shape index (κ2) is 6.40. The smallest absolute Gasteiger partial charge is 0.339 e. The number of carbonyl (C=O) groups excluding carboxylic acids is 3. The molecule has 0 unspecified atom stereocenters. The number of ether oxygens (including phenoxy) is 1. The number of carbonyl (C=O) groups is 3. The average Bonchev–Trinajstić information content (AvgIpc) is 2.68. The van der Waals surface area contributed by atoms with Crippen LogP contribution < -0.4 is 4.84 Å². The molecule has 1 aromatic heterocycles. The van der Waals surface area contributed by atoms with E-state index in [1.54, 1.807) is 0 Å². The molecule has 19 heavy (non-hydrogen) atoms. The van der Waals surface area contributed by atoms with Crippen molar-refractivity contribution in [1.29, 1.82) is 0 Å². The van der Waals surface area contributed by atoms with Crippen molar-refractivity contribution in [3.8, 4) is 11.8 Å². The van der Waals surface area contributed by atoms with Gasteiger partial charge in [0.1, 0.15) is 6.61 Å². The second-order valence-corrected chi connectivity index (χ2v) is 3.31. The first-order chi connectivity index (χ1) is 8.93. The van der Waals surface area contributed by atoms with Gasteiger partial charge < -0.3 is 24.9 Å². The Morgan fingerprint density at radius 2 is 1.53 bits per heavy atom. The van der Waals surface area contributed by atoms with E-state index in [4.69, 9.17) is 5.11 Å². The van der Waals surface area contributed by atoms with Crippen LogP contribution >= 0.6 is 0 Å². The zero-order valence-electron chi connectivity index (χ0n) is 9.61. The number of aromatic hydroxyl groups is 2. The van der Waals surface area contributed by atoms with Gasteiger partial charge in [-0.1, -0.05) is 0 Å². The Hall–Kier alpha value is -2.55.